The maximum absolute atomic E-state index is 5.56. The van der Waals surface area contributed by atoms with E-state index in [4.69, 9.17) is 5.84 Å². The van der Waals surface area contributed by atoms with Gasteiger partial charge in [-0.3, -0.25) is 0 Å². The summed E-state index contributed by atoms with van der Waals surface area (Å²) in [6.45, 7) is 4.19. The van der Waals surface area contributed by atoms with Crippen molar-refractivity contribution >= 4 is 23.4 Å². The minimum atomic E-state index is 0.432. The standard InChI is InChI=1S/C13H23N5S/c1-4-10(7-19-3)15-11-8(2)12(18-14)17-13(16-11)9-5-6-9/h9-10H,4-7,14H2,1-3H3,(H2,15,16,17,18). The third kappa shape index (κ3) is 3.51. The molecule has 1 unspecified atom stereocenters. The number of hydrogen-bond donors (Lipinski definition) is 3. The Morgan fingerprint density at radius 3 is 2.58 bits per heavy atom. The summed E-state index contributed by atoms with van der Waals surface area (Å²) in [5.41, 5.74) is 3.68. The molecule has 1 atom stereocenters. The van der Waals surface area contributed by atoms with E-state index in [9.17, 15) is 0 Å². The molecule has 1 aliphatic rings. The van der Waals surface area contributed by atoms with Crippen LogP contribution >= 0.6 is 11.8 Å². The van der Waals surface area contributed by atoms with Crippen LogP contribution in [-0.2, 0) is 0 Å². The van der Waals surface area contributed by atoms with Crippen LogP contribution in [0, 0.1) is 6.92 Å². The van der Waals surface area contributed by atoms with Gasteiger partial charge in [0.25, 0.3) is 0 Å². The topological polar surface area (TPSA) is 75.9 Å². The van der Waals surface area contributed by atoms with Crippen molar-refractivity contribution in [1.82, 2.24) is 9.97 Å². The first kappa shape index (κ1) is 14.4. The molecule has 1 saturated carbocycles. The number of hydrazine groups is 1. The monoisotopic (exact) mass is 281 g/mol. The van der Waals surface area contributed by atoms with Crippen LogP contribution in [0.4, 0.5) is 11.6 Å². The Morgan fingerprint density at radius 1 is 1.37 bits per heavy atom. The van der Waals surface area contributed by atoms with Crippen LogP contribution in [-0.4, -0.2) is 28.0 Å². The third-order valence-corrected chi connectivity index (χ3v) is 4.18. The highest BCUT2D eigenvalue weighted by Gasteiger charge is 2.28. The molecule has 1 aliphatic carbocycles. The maximum Gasteiger partial charge on any atom is 0.148 e. The fourth-order valence-corrected chi connectivity index (χ4v) is 2.72. The van der Waals surface area contributed by atoms with E-state index in [-0.39, 0.29) is 0 Å². The third-order valence-electron chi connectivity index (χ3n) is 3.44. The molecule has 1 heterocycles. The Hall–Kier alpha value is -1.01. The summed E-state index contributed by atoms with van der Waals surface area (Å²) in [5, 5.41) is 3.53. The molecule has 1 aromatic heterocycles. The lowest BCUT2D eigenvalue weighted by Gasteiger charge is -2.19. The van der Waals surface area contributed by atoms with Crippen LogP contribution in [0.25, 0.3) is 0 Å². The predicted molar refractivity (Wildman–Crippen MR) is 82.6 cm³/mol. The summed E-state index contributed by atoms with van der Waals surface area (Å²) in [4.78, 5) is 9.19. The molecule has 5 nitrogen and oxygen atoms in total. The molecule has 0 saturated heterocycles. The van der Waals surface area contributed by atoms with Gasteiger partial charge in [0, 0.05) is 23.3 Å². The molecular formula is C13H23N5S. The maximum atomic E-state index is 5.56. The van der Waals surface area contributed by atoms with Gasteiger partial charge < -0.3 is 10.7 Å². The molecule has 2 rings (SSSR count). The van der Waals surface area contributed by atoms with E-state index in [1.807, 2.05) is 18.7 Å². The number of anilines is 2. The zero-order valence-electron chi connectivity index (χ0n) is 11.9. The van der Waals surface area contributed by atoms with E-state index in [1.54, 1.807) is 0 Å². The van der Waals surface area contributed by atoms with Crippen molar-refractivity contribution < 1.29 is 0 Å². The lowest BCUT2D eigenvalue weighted by Crippen LogP contribution is -2.24. The Morgan fingerprint density at radius 2 is 2.05 bits per heavy atom. The van der Waals surface area contributed by atoms with Gasteiger partial charge in [-0.25, -0.2) is 15.8 Å². The number of hydrogen-bond acceptors (Lipinski definition) is 6. The lowest BCUT2D eigenvalue weighted by atomic mass is 10.2. The highest BCUT2D eigenvalue weighted by molar-refractivity contribution is 7.98. The fourth-order valence-electron chi connectivity index (χ4n) is 2.00. The molecule has 0 bridgehead atoms. The number of thioether (sulfide) groups is 1. The van der Waals surface area contributed by atoms with Crippen LogP contribution in [0.5, 0.6) is 0 Å². The van der Waals surface area contributed by atoms with Crippen LogP contribution < -0.4 is 16.6 Å². The number of aromatic nitrogens is 2. The van der Waals surface area contributed by atoms with Crippen molar-refractivity contribution in [3.63, 3.8) is 0 Å². The normalized spacial score (nSPS) is 16.2. The van der Waals surface area contributed by atoms with Gasteiger partial charge in [-0.1, -0.05) is 6.92 Å². The van der Waals surface area contributed by atoms with E-state index in [0.717, 1.165) is 35.2 Å². The second-order valence-corrected chi connectivity index (χ2v) is 5.94. The molecule has 1 aromatic rings. The van der Waals surface area contributed by atoms with Gasteiger partial charge >= 0.3 is 0 Å². The smallest absolute Gasteiger partial charge is 0.148 e. The molecule has 4 N–H and O–H groups in total. The molecule has 0 aliphatic heterocycles. The van der Waals surface area contributed by atoms with Gasteiger partial charge in [-0.05, 0) is 32.4 Å². The summed E-state index contributed by atoms with van der Waals surface area (Å²) in [6, 6.07) is 0.432. The number of rotatable bonds is 7. The van der Waals surface area contributed by atoms with Crippen LogP contribution in [0.1, 0.15) is 43.5 Å². The quantitative estimate of drug-likeness (QED) is 0.526. The largest absolute Gasteiger partial charge is 0.366 e. The first-order valence-electron chi connectivity index (χ1n) is 6.80. The summed E-state index contributed by atoms with van der Waals surface area (Å²) >= 11 is 1.85. The average Bonchev–Trinajstić information content (AvgIpc) is 3.24. The number of nitrogen functional groups attached to an aromatic ring is 1. The molecule has 19 heavy (non-hydrogen) atoms. The summed E-state index contributed by atoms with van der Waals surface area (Å²) < 4.78 is 0. The highest BCUT2D eigenvalue weighted by Crippen LogP contribution is 2.39. The van der Waals surface area contributed by atoms with Gasteiger partial charge in [0.2, 0.25) is 0 Å². The van der Waals surface area contributed by atoms with Gasteiger partial charge in [0.05, 0.1) is 0 Å². The van der Waals surface area contributed by atoms with E-state index in [0.29, 0.717) is 12.0 Å². The fraction of sp³-hybridized carbons (Fsp3) is 0.692. The number of nitrogens with zero attached hydrogens (tertiary/aromatic N) is 2. The summed E-state index contributed by atoms with van der Waals surface area (Å²) in [6.07, 6.45) is 5.58. The summed E-state index contributed by atoms with van der Waals surface area (Å²) in [5.74, 6) is 9.73. The van der Waals surface area contributed by atoms with Gasteiger partial charge in [-0.15, -0.1) is 0 Å². The first-order chi connectivity index (χ1) is 9.19. The van der Waals surface area contributed by atoms with Crippen molar-refractivity contribution in [1.29, 1.82) is 0 Å². The van der Waals surface area contributed by atoms with Gasteiger partial charge in [0.15, 0.2) is 0 Å². The summed E-state index contributed by atoms with van der Waals surface area (Å²) in [7, 11) is 0. The predicted octanol–water partition coefficient (Wildman–Crippen LogP) is 2.50. The molecular weight excluding hydrogens is 258 g/mol. The molecule has 0 radical (unpaired) electrons. The molecule has 6 heteroatoms. The highest BCUT2D eigenvalue weighted by atomic mass is 32.2. The Balaban J connectivity index is 2.24. The SMILES string of the molecule is CCC(CSC)Nc1nc(C2CC2)nc(NN)c1C. The Kier molecular flexibility index (Phi) is 4.87. The molecule has 0 spiro atoms. The lowest BCUT2D eigenvalue weighted by molar-refractivity contribution is 0.763. The minimum absolute atomic E-state index is 0.432. The number of nitrogens with two attached hydrogens (primary N) is 1. The van der Waals surface area contributed by atoms with E-state index >= 15 is 0 Å². The van der Waals surface area contributed by atoms with Crippen LogP contribution in [0.15, 0.2) is 0 Å². The van der Waals surface area contributed by atoms with Crippen molar-refractivity contribution in [3.8, 4) is 0 Å². The Bertz CT molecular complexity index is 433. The van der Waals surface area contributed by atoms with Crippen molar-refractivity contribution in [2.75, 3.05) is 22.8 Å². The van der Waals surface area contributed by atoms with Gasteiger partial charge in [-0.2, -0.15) is 11.8 Å². The zero-order valence-corrected chi connectivity index (χ0v) is 12.7. The minimum Gasteiger partial charge on any atom is -0.366 e. The van der Waals surface area contributed by atoms with E-state index in [2.05, 4.69) is 33.9 Å². The van der Waals surface area contributed by atoms with E-state index in [1.165, 1.54) is 12.8 Å². The van der Waals surface area contributed by atoms with Crippen LogP contribution in [0.2, 0.25) is 0 Å². The second-order valence-electron chi connectivity index (χ2n) is 5.03. The van der Waals surface area contributed by atoms with Crippen molar-refractivity contribution in [3.05, 3.63) is 11.4 Å². The second kappa shape index (κ2) is 6.43. The number of nitrogens with one attached hydrogen (secondary N) is 2. The Labute approximate surface area is 119 Å². The molecule has 106 valence electrons. The van der Waals surface area contributed by atoms with Crippen LogP contribution in [0.3, 0.4) is 0 Å². The van der Waals surface area contributed by atoms with E-state index < -0.39 is 0 Å². The first-order valence-corrected chi connectivity index (χ1v) is 8.19. The van der Waals surface area contributed by atoms with Gasteiger partial charge in [0.1, 0.15) is 17.5 Å². The molecule has 0 aromatic carbocycles. The molecule has 0 amide bonds. The average molecular weight is 281 g/mol. The van der Waals surface area contributed by atoms with Crippen molar-refractivity contribution in [2.45, 2.75) is 45.1 Å². The van der Waals surface area contributed by atoms with Crippen molar-refractivity contribution in [2.24, 2.45) is 5.84 Å². The zero-order chi connectivity index (χ0) is 13.8. The molecule has 1 fully saturated rings.